The molecule has 1 fully saturated rings. The molecule has 1 saturated heterocycles. The Hall–Kier alpha value is -1.30. The number of ether oxygens (including phenoxy) is 1. The monoisotopic (exact) mass is 281 g/mol. The molecule has 5 nitrogen and oxygen atoms in total. The predicted octanol–water partition coefficient (Wildman–Crippen LogP) is -0.00690. The number of carbonyl (C=O) groups excluding carboxylic acids is 1. The Bertz CT molecular complexity index is 486. The first kappa shape index (κ1) is 12.7. The summed E-state index contributed by atoms with van der Waals surface area (Å²) in [6, 6.07) is -0.147. The minimum Gasteiger partial charge on any atom is -0.378 e. The number of fused-ring (bicyclic) bond motifs is 1. The van der Waals surface area contributed by atoms with Gasteiger partial charge >= 0.3 is 0 Å². The lowest BCUT2D eigenvalue weighted by atomic mass is 9.98. The number of allylic oxidation sites excluding steroid dienone is 2. The number of nitrogens with one attached hydrogen (secondary N) is 2. The van der Waals surface area contributed by atoms with Crippen molar-refractivity contribution in [1.82, 2.24) is 10.6 Å². The molecule has 0 radical (unpaired) electrons. The van der Waals surface area contributed by atoms with Crippen LogP contribution in [-0.4, -0.2) is 37.2 Å². The first-order valence-electron chi connectivity index (χ1n) is 6.31. The minimum atomic E-state index is -0.140. The average Bonchev–Trinajstić information content (AvgIpc) is 2.96. The Kier molecular flexibility index (Phi) is 3.35. The number of carbonyl (C=O) groups is 1. The van der Waals surface area contributed by atoms with Crippen molar-refractivity contribution < 1.29 is 9.53 Å². The normalized spacial score (nSPS) is 36.3. The van der Waals surface area contributed by atoms with E-state index in [0.717, 1.165) is 0 Å². The summed E-state index contributed by atoms with van der Waals surface area (Å²) < 4.78 is 5.22. The SMILES string of the molecule is N[C@@H]1COC[C@@H]1NC(=O)C1=CC2C=C(Cl)C=CC2N1. The Morgan fingerprint density at radius 3 is 3.05 bits per heavy atom. The summed E-state index contributed by atoms with van der Waals surface area (Å²) in [5.74, 6) is -0.00924. The molecule has 0 saturated carbocycles. The maximum absolute atomic E-state index is 12.1. The fraction of sp³-hybridized carbons (Fsp3) is 0.462. The van der Waals surface area contributed by atoms with Gasteiger partial charge in [0.05, 0.1) is 37.0 Å². The van der Waals surface area contributed by atoms with Crippen LogP contribution in [0.15, 0.2) is 35.0 Å². The molecule has 1 aliphatic carbocycles. The van der Waals surface area contributed by atoms with Gasteiger partial charge in [-0.1, -0.05) is 23.8 Å². The highest BCUT2D eigenvalue weighted by atomic mass is 35.5. The number of hydrogen-bond acceptors (Lipinski definition) is 4. The maximum Gasteiger partial charge on any atom is 0.267 e. The van der Waals surface area contributed by atoms with Gasteiger partial charge in [0, 0.05) is 11.0 Å². The van der Waals surface area contributed by atoms with Gasteiger partial charge in [0.15, 0.2) is 0 Å². The van der Waals surface area contributed by atoms with E-state index in [1.54, 1.807) is 0 Å². The molecule has 0 aromatic carbocycles. The smallest absolute Gasteiger partial charge is 0.267 e. The van der Waals surface area contributed by atoms with Crippen LogP contribution in [0.1, 0.15) is 0 Å². The van der Waals surface area contributed by atoms with Crippen LogP contribution in [0.5, 0.6) is 0 Å². The predicted molar refractivity (Wildman–Crippen MR) is 72.3 cm³/mol. The summed E-state index contributed by atoms with van der Waals surface area (Å²) in [6.07, 6.45) is 7.64. The molecule has 0 spiro atoms. The van der Waals surface area contributed by atoms with E-state index in [0.29, 0.717) is 23.9 Å². The third-order valence-electron chi connectivity index (χ3n) is 3.60. The zero-order chi connectivity index (χ0) is 13.4. The largest absolute Gasteiger partial charge is 0.378 e. The molecule has 0 aromatic rings. The van der Waals surface area contributed by atoms with Crippen molar-refractivity contribution in [3.63, 3.8) is 0 Å². The second-order valence-electron chi connectivity index (χ2n) is 5.02. The van der Waals surface area contributed by atoms with Crippen LogP contribution >= 0.6 is 11.6 Å². The maximum atomic E-state index is 12.1. The van der Waals surface area contributed by atoms with Gasteiger partial charge in [0.25, 0.3) is 5.91 Å². The van der Waals surface area contributed by atoms with Gasteiger partial charge in [-0.2, -0.15) is 0 Å². The second-order valence-corrected chi connectivity index (χ2v) is 5.46. The van der Waals surface area contributed by atoms with E-state index in [1.165, 1.54) is 0 Å². The Labute approximate surface area is 116 Å². The van der Waals surface area contributed by atoms with Gasteiger partial charge in [-0.05, 0) is 12.2 Å². The minimum absolute atomic E-state index is 0.108. The first-order chi connectivity index (χ1) is 9.13. The summed E-state index contributed by atoms with van der Waals surface area (Å²) in [5.41, 5.74) is 6.41. The quantitative estimate of drug-likeness (QED) is 0.666. The molecule has 2 unspecified atom stereocenters. The Morgan fingerprint density at radius 2 is 2.32 bits per heavy atom. The lowest BCUT2D eigenvalue weighted by Crippen LogP contribution is -2.48. The average molecular weight is 282 g/mol. The third-order valence-corrected chi connectivity index (χ3v) is 3.85. The summed E-state index contributed by atoms with van der Waals surface area (Å²) in [5, 5.41) is 6.77. The van der Waals surface area contributed by atoms with Gasteiger partial charge in [0.1, 0.15) is 0 Å². The van der Waals surface area contributed by atoms with E-state index >= 15 is 0 Å². The van der Waals surface area contributed by atoms with Crippen molar-refractivity contribution in [2.45, 2.75) is 18.1 Å². The molecule has 6 heteroatoms. The third kappa shape index (κ3) is 2.54. The summed E-state index contributed by atoms with van der Waals surface area (Å²) in [7, 11) is 0. The van der Waals surface area contributed by atoms with E-state index in [4.69, 9.17) is 22.1 Å². The number of hydrogen-bond donors (Lipinski definition) is 3. The topological polar surface area (TPSA) is 76.4 Å². The van der Waals surface area contributed by atoms with Crippen LogP contribution in [0, 0.1) is 5.92 Å². The number of halogens is 1. The van der Waals surface area contributed by atoms with E-state index < -0.39 is 0 Å². The molecule has 4 atom stereocenters. The van der Waals surface area contributed by atoms with Crippen molar-refractivity contribution in [2.24, 2.45) is 11.7 Å². The Balaban J connectivity index is 1.65. The lowest BCUT2D eigenvalue weighted by Gasteiger charge is -2.18. The molecule has 4 N–H and O–H groups in total. The number of amides is 1. The second kappa shape index (κ2) is 5.00. The van der Waals surface area contributed by atoms with Crippen LogP contribution in [-0.2, 0) is 9.53 Å². The zero-order valence-corrected chi connectivity index (χ0v) is 11.1. The molecule has 0 aromatic heterocycles. The van der Waals surface area contributed by atoms with E-state index in [2.05, 4.69) is 10.6 Å². The summed E-state index contributed by atoms with van der Waals surface area (Å²) in [6.45, 7) is 0.961. The molecule has 3 aliphatic rings. The summed E-state index contributed by atoms with van der Waals surface area (Å²) in [4.78, 5) is 12.1. The highest BCUT2D eigenvalue weighted by Crippen LogP contribution is 2.26. The zero-order valence-electron chi connectivity index (χ0n) is 10.3. The molecule has 19 heavy (non-hydrogen) atoms. The molecular weight excluding hydrogens is 266 g/mol. The van der Waals surface area contributed by atoms with E-state index in [9.17, 15) is 4.79 Å². The van der Waals surface area contributed by atoms with Crippen LogP contribution in [0.25, 0.3) is 0 Å². The van der Waals surface area contributed by atoms with Gasteiger partial charge in [-0.25, -0.2) is 0 Å². The number of rotatable bonds is 2. The van der Waals surface area contributed by atoms with E-state index in [-0.39, 0.29) is 30.0 Å². The molecule has 2 heterocycles. The van der Waals surface area contributed by atoms with Crippen molar-refractivity contribution in [2.75, 3.05) is 13.2 Å². The fourth-order valence-corrected chi connectivity index (χ4v) is 2.71. The molecule has 1 amide bonds. The summed E-state index contributed by atoms with van der Waals surface area (Å²) >= 11 is 5.95. The standard InChI is InChI=1S/C13H16ClN3O2/c14-8-1-2-10-7(3-8)4-11(16-10)13(18)17-12-6-19-5-9(12)15/h1-4,7,9-10,12,16H,5-6,15H2,(H,17,18)/t7?,9-,10?,12+/m1/s1. The molecule has 2 aliphatic heterocycles. The van der Waals surface area contributed by atoms with E-state index in [1.807, 2.05) is 24.3 Å². The molecule has 102 valence electrons. The van der Waals surface area contributed by atoms with Crippen LogP contribution in [0.2, 0.25) is 0 Å². The number of nitrogens with two attached hydrogens (primary N) is 1. The molecular formula is C13H16ClN3O2. The van der Waals surface area contributed by atoms with Crippen molar-refractivity contribution in [1.29, 1.82) is 0 Å². The van der Waals surface area contributed by atoms with Crippen molar-refractivity contribution in [3.05, 3.63) is 35.0 Å². The van der Waals surface area contributed by atoms with Gasteiger partial charge in [-0.3, -0.25) is 4.79 Å². The molecule has 3 rings (SSSR count). The highest BCUT2D eigenvalue weighted by molar-refractivity contribution is 6.31. The molecule has 0 bridgehead atoms. The van der Waals surface area contributed by atoms with Crippen molar-refractivity contribution >= 4 is 17.5 Å². The van der Waals surface area contributed by atoms with Gasteiger partial charge in [-0.15, -0.1) is 0 Å². The van der Waals surface area contributed by atoms with Crippen LogP contribution < -0.4 is 16.4 Å². The van der Waals surface area contributed by atoms with Crippen LogP contribution in [0.3, 0.4) is 0 Å². The van der Waals surface area contributed by atoms with Gasteiger partial charge < -0.3 is 21.1 Å². The van der Waals surface area contributed by atoms with Crippen LogP contribution in [0.4, 0.5) is 0 Å². The Morgan fingerprint density at radius 1 is 1.47 bits per heavy atom. The van der Waals surface area contributed by atoms with Crippen molar-refractivity contribution in [3.8, 4) is 0 Å². The fourth-order valence-electron chi connectivity index (χ4n) is 2.49. The highest BCUT2D eigenvalue weighted by Gasteiger charge is 2.32. The lowest BCUT2D eigenvalue weighted by molar-refractivity contribution is -0.118. The first-order valence-corrected chi connectivity index (χ1v) is 6.69. The van der Waals surface area contributed by atoms with Gasteiger partial charge in [0.2, 0.25) is 0 Å².